The standard InChI is InChI=1S/C20H14N6O11S2.Na/c1-37-18-10-14(26(29)30)6-9-17(18)24-22-20(21-23(24)12-2-4-13(5-3-12)25(27)28)16-8-7-15(38(31,32)33)11-19(16)39(34,35)36;/h2-11H,1H3,(H-,31,32,33,34,35,36);. The summed E-state index contributed by atoms with van der Waals surface area (Å²) in [6, 6.07) is 10.4. The molecule has 1 aromatic heterocycles. The van der Waals surface area contributed by atoms with Gasteiger partial charge in [-0.25, -0.2) is 8.42 Å². The third kappa shape index (κ3) is 6.14. The van der Waals surface area contributed by atoms with Crippen LogP contribution in [0, 0.1) is 20.2 Å². The molecule has 17 nitrogen and oxygen atoms in total. The van der Waals surface area contributed by atoms with Gasteiger partial charge in [-0.15, -0.1) is 0 Å². The van der Waals surface area contributed by atoms with E-state index in [1.807, 2.05) is 0 Å². The molecule has 1 radical (unpaired) electrons. The molecule has 4 rings (SSSR count). The van der Waals surface area contributed by atoms with Gasteiger partial charge in [0.1, 0.15) is 15.8 Å². The quantitative estimate of drug-likeness (QED) is 0.0967. The van der Waals surface area contributed by atoms with Gasteiger partial charge in [-0.3, -0.25) is 24.8 Å². The molecule has 1 N–H and O–H groups in total. The fraction of sp³-hybridized carbons (Fsp3) is 0.0500. The van der Waals surface area contributed by atoms with E-state index in [1.54, 1.807) is 0 Å². The normalized spacial score (nSPS) is 11.5. The zero-order valence-corrected chi connectivity index (χ0v) is 23.9. The number of aromatic nitrogens is 4. The van der Waals surface area contributed by atoms with Gasteiger partial charge in [0.15, 0.2) is 5.75 Å². The molecule has 0 aliphatic rings. The first-order valence-corrected chi connectivity index (χ1v) is 13.1. The average molecular weight is 601 g/mol. The topological polar surface area (TPSA) is 242 Å². The fourth-order valence-corrected chi connectivity index (χ4v) is 4.70. The van der Waals surface area contributed by atoms with Crippen LogP contribution in [0.2, 0.25) is 0 Å². The zero-order chi connectivity index (χ0) is 28.7. The molecule has 20 heteroatoms. The number of hydrogen-bond acceptors (Lipinski definition) is 12. The van der Waals surface area contributed by atoms with E-state index >= 15 is 0 Å². The molecule has 0 saturated heterocycles. The summed E-state index contributed by atoms with van der Waals surface area (Å²) in [6.07, 6.45) is 0. The van der Waals surface area contributed by atoms with Crippen molar-refractivity contribution in [3.8, 4) is 28.5 Å². The van der Waals surface area contributed by atoms with Gasteiger partial charge in [-0.1, -0.05) is 0 Å². The summed E-state index contributed by atoms with van der Waals surface area (Å²) >= 11 is 0. The van der Waals surface area contributed by atoms with Gasteiger partial charge in [0, 0.05) is 58.6 Å². The second-order valence-electron chi connectivity index (χ2n) is 7.58. The number of nitrogens with zero attached hydrogens (tertiary/aromatic N) is 6. The van der Waals surface area contributed by atoms with Crippen LogP contribution in [0.15, 0.2) is 70.5 Å². The maximum atomic E-state index is 12.0. The number of methoxy groups -OCH3 is 1. The molecule has 0 amide bonds. The Bertz CT molecular complexity index is 1860. The fourth-order valence-electron chi connectivity index (χ4n) is 3.42. The third-order valence-corrected chi connectivity index (χ3v) is 6.93. The van der Waals surface area contributed by atoms with Crippen LogP contribution in [0.3, 0.4) is 0 Å². The number of nitro groups is 2. The summed E-state index contributed by atoms with van der Waals surface area (Å²) in [5.74, 6) is -0.514. The number of hydrogen-bond donors (Lipinski definition) is 1. The van der Waals surface area contributed by atoms with Gasteiger partial charge in [-0.2, -0.15) is 8.42 Å². The van der Waals surface area contributed by atoms with E-state index in [4.69, 9.17) is 4.74 Å². The maximum absolute atomic E-state index is 12.0. The summed E-state index contributed by atoms with van der Waals surface area (Å²) in [7, 11) is -9.01. The van der Waals surface area contributed by atoms with Gasteiger partial charge < -0.3 is 9.29 Å². The third-order valence-electron chi connectivity index (χ3n) is 5.20. The monoisotopic (exact) mass is 601 g/mol. The van der Waals surface area contributed by atoms with Crippen molar-refractivity contribution in [2.24, 2.45) is 0 Å². The average Bonchev–Trinajstić information content (AvgIpc) is 3.32. The molecule has 0 bridgehead atoms. The Labute approximate surface area is 246 Å². The van der Waals surface area contributed by atoms with Crippen LogP contribution in [0.5, 0.6) is 5.75 Å². The van der Waals surface area contributed by atoms with Crippen molar-refractivity contribution in [1.29, 1.82) is 0 Å². The molecule has 4 aromatic rings. The summed E-state index contributed by atoms with van der Waals surface area (Å²) in [4.78, 5) is 21.1. The second kappa shape index (κ2) is 11.3. The van der Waals surface area contributed by atoms with E-state index in [0.29, 0.717) is 6.07 Å². The molecular formula is C20H14N6NaO11S2. The van der Waals surface area contributed by atoms with Crippen molar-refractivity contribution in [3.63, 3.8) is 0 Å². The Balaban J connectivity index is 0.00000441. The molecule has 0 saturated carbocycles. The van der Waals surface area contributed by atoms with E-state index in [2.05, 4.69) is 10.2 Å². The van der Waals surface area contributed by atoms with E-state index in [-0.39, 0.29) is 58.1 Å². The van der Waals surface area contributed by atoms with Gasteiger partial charge >= 0.3 is 5.82 Å². The van der Waals surface area contributed by atoms with E-state index in [0.717, 1.165) is 46.0 Å². The first kappa shape index (κ1) is 30.7. The molecule has 40 heavy (non-hydrogen) atoms. The van der Waals surface area contributed by atoms with Crippen LogP contribution in [-0.2, 0) is 20.2 Å². The zero-order valence-electron chi connectivity index (χ0n) is 20.3. The number of non-ortho nitro benzene ring substituents is 2. The smallest absolute Gasteiger partial charge is 0.341 e. The second-order valence-corrected chi connectivity index (χ2v) is 10.3. The Morgan fingerprint density at radius 1 is 0.925 bits per heavy atom. The van der Waals surface area contributed by atoms with E-state index < -0.39 is 51.3 Å². The number of benzene rings is 3. The molecule has 0 unspecified atom stereocenters. The summed E-state index contributed by atoms with van der Waals surface area (Å²) < 4.78 is 73.5. The van der Waals surface area contributed by atoms with Crippen LogP contribution in [0.1, 0.15) is 0 Å². The van der Waals surface area contributed by atoms with Gasteiger partial charge in [0.05, 0.1) is 43.5 Å². The number of ether oxygens (including phenoxy) is 1. The van der Waals surface area contributed by atoms with Crippen molar-refractivity contribution in [1.82, 2.24) is 15.0 Å². The van der Waals surface area contributed by atoms with Gasteiger partial charge in [0.2, 0.25) is 5.69 Å². The van der Waals surface area contributed by atoms with Crippen LogP contribution >= 0.6 is 0 Å². The van der Waals surface area contributed by atoms with Gasteiger partial charge in [0.25, 0.3) is 21.5 Å². The molecule has 0 atom stereocenters. The molecular weight excluding hydrogens is 587 g/mol. The Morgan fingerprint density at radius 2 is 1.52 bits per heavy atom. The number of nitro benzene ring substituents is 2. The maximum Gasteiger partial charge on any atom is 0.341 e. The van der Waals surface area contributed by atoms with Crippen molar-refractivity contribution >= 4 is 61.2 Å². The van der Waals surface area contributed by atoms with Crippen molar-refractivity contribution in [2.45, 2.75) is 9.79 Å². The Hall–Kier alpha value is -3.85. The number of rotatable bonds is 8. The van der Waals surface area contributed by atoms with E-state index in [1.165, 1.54) is 25.3 Å². The van der Waals surface area contributed by atoms with Crippen LogP contribution in [-0.4, -0.2) is 87.4 Å². The molecule has 203 valence electrons. The SMILES string of the molecule is COc1cc([N+](=O)[O-])ccc1-[n+]1nc(-c2ccc(S(=O)(=O)O)cc2S(=O)(=O)[O-])nn1-c1ccc([N+](=O)[O-])cc1.[Na]. The van der Waals surface area contributed by atoms with Crippen LogP contribution in [0.4, 0.5) is 11.4 Å². The minimum atomic E-state index is -5.34. The predicted octanol–water partition coefficient (Wildman–Crippen LogP) is 0.806. The summed E-state index contributed by atoms with van der Waals surface area (Å²) in [5, 5.41) is 30.7. The minimum absolute atomic E-state index is 0. The van der Waals surface area contributed by atoms with Crippen molar-refractivity contribution < 1.29 is 45.3 Å². The van der Waals surface area contributed by atoms with Crippen LogP contribution < -0.4 is 9.53 Å². The Kier molecular flexibility index (Phi) is 8.69. The molecule has 0 aliphatic heterocycles. The molecule has 1 heterocycles. The summed E-state index contributed by atoms with van der Waals surface area (Å²) in [5.41, 5.74) is -0.868. The van der Waals surface area contributed by atoms with Crippen molar-refractivity contribution in [2.75, 3.05) is 7.11 Å². The first-order valence-electron chi connectivity index (χ1n) is 10.3. The minimum Gasteiger partial charge on any atom is -0.744 e. The molecule has 3 aromatic carbocycles. The molecule has 0 spiro atoms. The predicted molar refractivity (Wildman–Crippen MR) is 132 cm³/mol. The first-order chi connectivity index (χ1) is 18.2. The number of tetrazole rings is 1. The molecule has 0 fully saturated rings. The molecule has 0 aliphatic carbocycles. The largest absolute Gasteiger partial charge is 0.744 e. The van der Waals surface area contributed by atoms with Crippen molar-refractivity contribution in [3.05, 3.63) is 80.9 Å². The van der Waals surface area contributed by atoms with Crippen LogP contribution in [0.25, 0.3) is 22.8 Å². The van der Waals surface area contributed by atoms with E-state index in [9.17, 15) is 46.2 Å². The van der Waals surface area contributed by atoms with Gasteiger partial charge in [-0.05, 0) is 40.2 Å². The summed E-state index contributed by atoms with van der Waals surface area (Å²) in [6.45, 7) is 0. The Morgan fingerprint density at radius 3 is 2.05 bits per heavy atom.